The number of aromatic nitrogens is 1. The first-order valence-corrected chi connectivity index (χ1v) is 8.56. The summed E-state index contributed by atoms with van der Waals surface area (Å²) in [6.07, 6.45) is 4.51. The topological polar surface area (TPSA) is 36.4 Å². The van der Waals surface area contributed by atoms with Gasteiger partial charge in [-0.25, -0.2) is 0 Å². The highest BCUT2D eigenvalue weighted by Crippen LogP contribution is 2.13. The van der Waals surface area contributed by atoms with Gasteiger partial charge in [0.25, 0.3) is 0 Å². The predicted octanol–water partition coefficient (Wildman–Crippen LogP) is 3.61. The molecule has 128 valence electrons. The van der Waals surface area contributed by atoms with E-state index >= 15 is 0 Å². The Bertz CT molecular complexity index is 648. The second kappa shape index (κ2) is 9.40. The highest BCUT2D eigenvalue weighted by atomic mass is 35.5. The molecule has 2 rings (SSSR count). The number of carbonyl (C=O) groups is 1. The van der Waals surface area contributed by atoms with Crippen molar-refractivity contribution in [2.45, 2.75) is 26.4 Å². The molecule has 0 aliphatic carbocycles. The number of carbonyl (C=O) groups excluding carboxylic acids is 1. The van der Waals surface area contributed by atoms with Gasteiger partial charge in [0.1, 0.15) is 0 Å². The molecule has 0 saturated carbocycles. The monoisotopic (exact) mass is 345 g/mol. The average Bonchev–Trinajstić information content (AvgIpc) is 2.55. The van der Waals surface area contributed by atoms with Crippen LogP contribution in [0.15, 0.2) is 48.8 Å². The quantitative estimate of drug-likeness (QED) is 0.733. The van der Waals surface area contributed by atoms with E-state index in [4.69, 9.17) is 11.6 Å². The Morgan fingerprint density at radius 3 is 2.62 bits per heavy atom. The van der Waals surface area contributed by atoms with Crippen LogP contribution < -0.4 is 0 Å². The molecule has 4 nitrogen and oxygen atoms in total. The molecule has 0 bridgehead atoms. The molecule has 0 radical (unpaired) electrons. The van der Waals surface area contributed by atoms with Crippen molar-refractivity contribution in [2.75, 3.05) is 20.1 Å². The highest BCUT2D eigenvalue weighted by Gasteiger charge is 2.15. The van der Waals surface area contributed by atoms with Crippen LogP contribution in [0, 0.1) is 0 Å². The summed E-state index contributed by atoms with van der Waals surface area (Å²) in [5.74, 6) is 0.128. The molecule has 5 heteroatoms. The van der Waals surface area contributed by atoms with Crippen LogP contribution in [0.5, 0.6) is 0 Å². The molecular formula is C19H24ClN3O. The number of benzene rings is 1. The summed E-state index contributed by atoms with van der Waals surface area (Å²) in [6, 6.07) is 11.6. The van der Waals surface area contributed by atoms with Gasteiger partial charge in [-0.3, -0.25) is 14.7 Å². The Hall–Kier alpha value is -1.91. The van der Waals surface area contributed by atoms with E-state index in [0.29, 0.717) is 24.7 Å². The average molecular weight is 346 g/mol. The van der Waals surface area contributed by atoms with Gasteiger partial charge in [-0.05, 0) is 42.8 Å². The van der Waals surface area contributed by atoms with Crippen molar-refractivity contribution >= 4 is 17.5 Å². The molecule has 0 aliphatic rings. The molecule has 0 N–H and O–H groups in total. The predicted molar refractivity (Wildman–Crippen MR) is 97.7 cm³/mol. The van der Waals surface area contributed by atoms with Gasteiger partial charge in [-0.15, -0.1) is 0 Å². The smallest absolute Gasteiger partial charge is 0.237 e. The fourth-order valence-electron chi connectivity index (χ4n) is 2.61. The summed E-state index contributed by atoms with van der Waals surface area (Å²) in [5.41, 5.74) is 2.16. The standard InChI is InChI=1S/C19H24ClN3O/c1-3-10-23(14-16-6-4-8-18(20)11-16)19(24)15-22(2)13-17-7-5-9-21-12-17/h4-9,11-12H,3,10,13-15H2,1-2H3. The second-order valence-corrected chi connectivity index (χ2v) is 6.42. The summed E-state index contributed by atoms with van der Waals surface area (Å²) in [4.78, 5) is 20.7. The molecule has 0 aliphatic heterocycles. The molecule has 1 aromatic carbocycles. The molecular weight excluding hydrogens is 322 g/mol. The van der Waals surface area contributed by atoms with E-state index in [9.17, 15) is 4.79 Å². The molecule has 1 aromatic heterocycles. The normalized spacial score (nSPS) is 10.8. The maximum Gasteiger partial charge on any atom is 0.237 e. The van der Waals surface area contributed by atoms with Crippen molar-refractivity contribution in [1.82, 2.24) is 14.8 Å². The lowest BCUT2D eigenvalue weighted by Gasteiger charge is -2.25. The molecule has 24 heavy (non-hydrogen) atoms. The fraction of sp³-hybridized carbons (Fsp3) is 0.368. The fourth-order valence-corrected chi connectivity index (χ4v) is 2.82. The van der Waals surface area contributed by atoms with E-state index in [2.05, 4.69) is 11.9 Å². The Kier molecular flexibility index (Phi) is 7.22. The molecule has 0 saturated heterocycles. The summed E-state index contributed by atoms with van der Waals surface area (Å²) in [5, 5.41) is 0.699. The number of nitrogens with zero attached hydrogens (tertiary/aromatic N) is 3. The van der Waals surface area contributed by atoms with Crippen LogP contribution in [0.25, 0.3) is 0 Å². The van der Waals surface area contributed by atoms with Gasteiger partial charge in [-0.2, -0.15) is 0 Å². The third-order valence-electron chi connectivity index (χ3n) is 3.69. The van der Waals surface area contributed by atoms with Gasteiger partial charge >= 0.3 is 0 Å². The van der Waals surface area contributed by atoms with Crippen LogP contribution in [-0.4, -0.2) is 40.8 Å². The van der Waals surface area contributed by atoms with Gasteiger partial charge in [-0.1, -0.05) is 36.7 Å². The van der Waals surface area contributed by atoms with Crippen LogP contribution in [0.1, 0.15) is 24.5 Å². The number of hydrogen-bond acceptors (Lipinski definition) is 3. The van der Waals surface area contributed by atoms with Gasteiger partial charge in [0, 0.05) is 37.1 Å². The Morgan fingerprint density at radius 2 is 1.96 bits per heavy atom. The first-order chi connectivity index (χ1) is 11.6. The number of pyridine rings is 1. The Balaban J connectivity index is 1.95. The molecule has 2 aromatic rings. The number of hydrogen-bond donors (Lipinski definition) is 0. The molecule has 0 unspecified atom stereocenters. The van der Waals surface area contributed by atoms with E-state index in [1.54, 1.807) is 6.20 Å². The number of amides is 1. The first kappa shape index (κ1) is 18.4. The largest absolute Gasteiger partial charge is 0.337 e. The van der Waals surface area contributed by atoms with E-state index in [0.717, 1.165) is 24.1 Å². The lowest BCUT2D eigenvalue weighted by atomic mass is 10.2. The number of likely N-dealkylation sites (N-methyl/N-ethyl adjacent to an activating group) is 1. The highest BCUT2D eigenvalue weighted by molar-refractivity contribution is 6.30. The lowest BCUT2D eigenvalue weighted by Crippen LogP contribution is -2.38. The van der Waals surface area contributed by atoms with Gasteiger partial charge < -0.3 is 4.90 Å². The summed E-state index contributed by atoms with van der Waals surface area (Å²) in [7, 11) is 1.95. The number of rotatable bonds is 8. The van der Waals surface area contributed by atoms with Crippen LogP contribution in [0.2, 0.25) is 5.02 Å². The van der Waals surface area contributed by atoms with Crippen LogP contribution in [0.3, 0.4) is 0 Å². The summed E-state index contributed by atoms with van der Waals surface area (Å²) in [6.45, 7) is 4.50. The van der Waals surface area contributed by atoms with Crippen molar-refractivity contribution in [2.24, 2.45) is 0 Å². The van der Waals surface area contributed by atoms with Crippen molar-refractivity contribution < 1.29 is 4.79 Å². The van der Waals surface area contributed by atoms with Crippen molar-refractivity contribution in [3.05, 3.63) is 64.9 Å². The van der Waals surface area contributed by atoms with Gasteiger partial charge in [0.05, 0.1) is 6.54 Å². The lowest BCUT2D eigenvalue weighted by molar-refractivity contribution is -0.132. The van der Waals surface area contributed by atoms with Crippen LogP contribution >= 0.6 is 11.6 Å². The Labute approximate surface area is 149 Å². The SMILES string of the molecule is CCCN(Cc1cccc(Cl)c1)C(=O)CN(C)Cc1cccnc1. The third-order valence-corrected chi connectivity index (χ3v) is 3.92. The molecule has 0 spiro atoms. The van der Waals surface area contributed by atoms with Crippen LogP contribution in [0.4, 0.5) is 0 Å². The maximum absolute atomic E-state index is 12.7. The van der Waals surface area contributed by atoms with Crippen molar-refractivity contribution in [1.29, 1.82) is 0 Å². The van der Waals surface area contributed by atoms with E-state index in [1.807, 2.05) is 59.4 Å². The molecule has 1 amide bonds. The van der Waals surface area contributed by atoms with Crippen molar-refractivity contribution in [3.63, 3.8) is 0 Å². The minimum absolute atomic E-state index is 0.128. The molecule has 0 atom stereocenters. The Morgan fingerprint density at radius 1 is 1.17 bits per heavy atom. The summed E-state index contributed by atoms with van der Waals surface area (Å²) < 4.78 is 0. The van der Waals surface area contributed by atoms with Crippen molar-refractivity contribution in [3.8, 4) is 0 Å². The summed E-state index contributed by atoms with van der Waals surface area (Å²) >= 11 is 6.04. The number of halogens is 1. The van der Waals surface area contributed by atoms with E-state index in [-0.39, 0.29) is 5.91 Å². The second-order valence-electron chi connectivity index (χ2n) is 5.98. The van der Waals surface area contributed by atoms with Gasteiger partial charge in [0.15, 0.2) is 0 Å². The zero-order valence-corrected chi connectivity index (χ0v) is 15.0. The molecule has 1 heterocycles. The van der Waals surface area contributed by atoms with E-state index < -0.39 is 0 Å². The zero-order chi connectivity index (χ0) is 17.4. The third kappa shape index (κ3) is 5.95. The van der Waals surface area contributed by atoms with Gasteiger partial charge in [0.2, 0.25) is 5.91 Å². The molecule has 0 fully saturated rings. The maximum atomic E-state index is 12.7. The minimum Gasteiger partial charge on any atom is -0.337 e. The zero-order valence-electron chi connectivity index (χ0n) is 14.3. The minimum atomic E-state index is 0.128. The van der Waals surface area contributed by atoms with E-state index in [1.165, 1.54) is 0 Å². The first-order valence-electron chi connectivity index (χ1n) is 8.18. The van der Waals surface area contributed by atoms with Crippen LogP contribution in [-0.2, 0) is 17.9 Å².